The monoisotopic (exact) mass is 315 g/mol. The van der Waals surface area contributed by atoms with E-state index in [-0.39, 0.29) is 0 Å². The molecule has 1 aliphatic carbocycles. The molecule has 0 amide bonds. The second-order valence-corrected chi connectivity index (χ2v) is 6.89. The minimum Gasteiger partial charge on any atom is -0.319 e. The molecule has 1 aliphatic rings. The van der Waals surface area contributed by atoms with Gasteiger partial charge in [0.1, 0.15) is 0 Å². The average Bonchev–Trinajstić information content (AvgIpc) is 2.59. The third-order valence-corrected chi connectivity index (χ3v) is 4.72. The zero-order valence-electron chi connectivity index (χ0n) is 15.8. The van der Waals surface area contributed by atoms with E-state index in [0.29, 0.717) is 0 Å². The zero-order chi connectivity index (χ0) is 16.9. The summed E-state index contributed by atoms with van der Waals surface area (Å²) in [6, 6.07) is 8.86. The first kappa shape index (κ1) is 20.0. The quantitative estimate of drug-likeness (QED) is 0.655. The van der Waals surface area contributed by atoms with Gasteiger partial charge >= 0.3 is 0 Å². The molecule has 1 nitrogen and oxygen atoms in total. The molecule has 0 heterocycles. The molecule has 0 saturated heterocycles. The van der Waals surface area contributed by atoms with E-state index in [1.807, 2.05) is 7.05 Å². The Labute approximate surface area is 144 Å². The van der Waals surface area contributed by atoms with Crippen molar-refractivity contribution in [3.8, 4) is 0 Å². The summed E-state index contributed by atoms with van der Waals surface area (Å²) >= 11 is 0. The first-order valence-corrected chi connectivity index (χ1v) is 9.58. The first-order chi connectivity index (χ1) is 11.2. The van der Waals surface area contributed by atoms with Gasteiger partial charge in [-0.25, -0.2) is 0 Å². The summed E-state index contributed by atoms with van der Waals surface area (Å²) in [6.07, 6.45) is 14.0. The fraction of sp³-hybridized carbons (Fsp3) is 0.636. The lowest BCUT2D eigenvalue weighted by atomic mass is 9.82. The second-order valence-electron chi connectivity index (χ2n) is 6.89. The summed E-state index contributed by atoms with van der Waals surface area (Å²) in [4.78, 5) is 0. The zero-order valence-corrected chi connectivity index (χ0v) is 15.8. The van der Waals surface area contributed by atoms with Gasteiger partial charge in [0.2, 0.25) is 0 Å². The number of likely N-dealkylation sites (N-methyl/N-ethyl adjacent to an activating group) is 1. The fourth-order valence-electron chi connectivity index (χ4n) is 3.20. The Morgan fingerprint density at radius 1 is 1.09 bits per heavy atom. The third-order valence-electron chi connectivity index (χ3n) is 4.72. The molecular weight excluding hydrogens is 278 g/mol. The van der Waals surface area contributed by atoms with Gasteiger partial charge in [0.05, 0.1) is 0 Å². The SMILES string of the molecule is CC/C=C\C1CCCC(C)C1.CCc1ccc(CCNC)cc1. The van der Waals surface area contributed by atoms with Crippen LogP contribution in [0.15, 0.2) is 36.4 Å². The minimum atomic E-state index is 0.902. The molecular formula is C22H37N. The number of nitrogens with one attached hydrogen (secondary N) is 1. The van der Waals surface area contributed by atoms with Crippen LogP contribution in [-0.2, 0) is 12.8 Å². The van der Waals surface area contributed by atoms with Crippen LogP contribution in [-0.4, -0.2) is 13.6 Å². The van der Waals surface area contributed by atoms with Crippen LogP contribution < -0.4 is 5.32 Å². The van der Waals surface area contributed by atoms with Crippen LogP contribution in [0.1, 0.15) is 64.0 Å². The maximum atomic E-state index is 3.14. The fourth-order valence-corrected chi connectivity index (χ4v) is 3.20. The Kier molecular flexibility index (Phi) is 10.7. The van der Waals surface area contributed by atoms with Crippen LogP contribution in [0.25, 0.3) is 0 Å². The van der Waals surface area contributed by atoms with E-state index in [1.165, 1.54) is 43.2 Å². The van der Waals surface area contributed by atoms with Crippen LogP contribution >= 0.6 is 0 Å². The number of benzene rings is 1. The maximum absolute atomic E-state index is 3.14. The number of hydrogen-bond acceptors (Lipinski definition) is 1. The Morgan fingerprint density at radius 3 is 2.35 bits per heavy atom. The molecule has 1 aromatic carbocycles. The number of rotatable bonds is 6. The van der Waals surface area contributed by atoms with Crippen molar-refractivity contribution in [1.82, 2.24) is 5.32 Å². The van der Waals surface area contributed by atoms with Gasteiger partial charge < -0.3 is 5.32 Å². The Hall–Kier alpha value is -1.08. The second kappa shape index (κ2) is 12.4. The van der Waals surface area contributed by atoms with Crippen molar-refractivity contribution in [2.45, 2.75) is 65.7 Å². The van der Waals surface area contributed by atoms with E-state index in [4.69, 9.17) is 0 Å². The molecule has 1 aromatic rings. The van der Waals surface area contributed by atoms with Crippen LogP contribution in [0, 0.1) is 11.8 Å². The number of hydrogen-bond donors (Lipinski definition) is 1. The Balaban J connectivity index is 0.000000231. The highest BCUT2D eigenvalue weighted by Gasteiger charge is 2.15. The summed E-state index contributed by atoms with van der Waals surface area (Å²) in [6.45, 7) is 7.84. The highest BCUT2D eigenvalue weighted by molar-refractivity contribution is 5.22. The van der Waals surface area contributed by atoms with Crippen LogP contribution in [0.2, 0.25) is 0 Å². The van der Waals surface area contributed by atoms with Gasteiger partial charge in [-0.2, -0.15) is 0 Å². The molecule has 2 unspecified atom stereocenters. The van der Waals surface area contributed by atoms with E-state index in [9.17, 15) is 0 Å². The van der Waals surface area contributed by atoms with Crippen molar-refractivity contribution in [1.29, 1.82) is 0 Å². The van der Waals surface area contributed by atoms with Gasteiger partial charge in [-0.15, -0.1) is 0 Å². The number of aryl methyl sites for hydroxylation is 1. The molecule has 0 spiro atoms. The molecule has 0 radical (unpaired) electrons. The summed E-state index contributed by atoms with van der Waals surface area (Å²) < 4.78 is 0. The van der Waals surface area contributed by atoms with E-state index < -0.39 is 0 Å². The average molecular weight is 316 g/mol. The van der Waals surface area contributed by atoms with Gasteiger partial charge in [0.15, 0.2) is 0 Å². The van der Waals surface area contributed by atoms with Gasteiger partial charge in [0.25, 0.3) is 0 Å². The molecule has 0 aliphatic heterocycles. The summed E-state index contributed by atoms with van der Waals surface area (Å²) in [5, 5.41) is 3.14. The smallest absolute Gasteiger partial charge is 0.00114 e. The molecule has 1 fully saturated rings. The number of allylic oxidation sites excluding steroid dienone is 2. The van der Waals surface area contributed by atoms with Crippen molar-refractivity contribution in [3.05, 3.63) is 47.5 Å². The van der Waals surface area contributed by atoms with Crippen LogP contribution in [0.4, 0.5) is 0 Å². The first-order valence-electron chi connectivity index (χ1n) is 9.58. The van der Waals surface area contributed by atoms with Gasteiger partial charge in [-0.3, -0.25) is 0 Å². The summed E-state index contributed by atoms with van der Waals surface area (Å²) in [5.41, 5.74) is 2.84. The highest BCUT2D eigenvalue weighted by atomic mass is 14.8. The molecule has 2 atom stereocenters. The summed E-state index contributed by atoms with van der Waals surface area (Å²) in [7, 11) is 1.99. The molecule has 0 bridgehead atoms. The molecule has 0 aromatic heterocycles. The maximum Gasteiger partial charge on any atom is -0.00114 e. The molecule has 1 heteroatoms. The molecule has 1 saturated carbocycles. The van der Waals surface area contributed by atoms with E-state index in [1.54, 1.807) is 0 Å². The lowest BCUT2D eigenvalue weighted by molar-refractivity contribution is 0.325. The molecule has 23 heavy (non-hydrogen) atoms. The minimum absolute atomic E-state index is 0.902. The van der Waals surface area contributed by atoms with Crippen molar-refractivity contribution in [3.63, 3.8) is 0 Å². The highest BCUT2D eigenvalue weighted by Crippen LogP contribution is 2.29. The Bertz CT molecular complexity index is 418. The predicted octanol–water partition coefficient (Wildman–Crippen LogP) is 5.79. The van der Waals surface area contributed by atoms with E-state index >= 15 is 0 Å². The standard InChI is InChI=1S/C11H17N.C11H20/c1-3-10-4-6-11(7-5-10)8-9-12-2;1-3-4-7-11-8-5-6-10(2)9-11/h4-7,12H,3,8-9H2,1-2H3;4,7,10-11H,3,5-6,8-9H2,1-2H3/b;7-4-. The van der Waals surface area contributed by atoms with Crippen LogP contribution in [0.3, 0.4) is 0 Å². The van der Waals surface area contributed by atoms with Crippen molar-refractivity contribution >= 4 is 0 Å². The largest absolute Gasteiger partial charge is 0.319 e. The predicted molar refractivity (Wildman–Crippen MR) is 104 cm³/mol. The topological polar surface area (TPSA) is 12.0 Å². The van der Waals surface area contributed by atoms with Gasteiger partial charge in [-0.05, 0) is 68.7 Å². The lowest BCUT2D eigenvalue weighted by Gasteiger charge is -2.23. The van der Waals surface area contributed by atoms with Gasteiger partial charge in [0, 0.05) is 0 Å². The Morgan fingerprint density at radius 2 is 1.78 bits per heavy atom. The lowest BCUT2D eigenvalue weighted by Crippen LogP contribution is -2.10. The van der Waals surface area contributed by atoms with Gasteiger partial charge in [-0.1, -0.05) is 70.0 Å². The molecule has 130 valence electrons. The van der Waals surface area contributed by atoms with Crippen molar-refractivity contribution in [2.24, 2.45) is 11.8 Å². The molecule has 2 rings (SSSR count). The van der Waals surface area contributed by atoms with E-state index in [0.717, 1.165) is 31.2 Å². The normalized spacial score (nSPS) is 21.0. The van der Waals surface area contributed by atoms with E-state index in [2.05, 4.69) is 62.5 Å². The van der Waals surface area contributed by atoms with Crippen LogP contribution in [0.5, 0.6) is 0 Å². The summed E-state index contributed by atoms with van der Waals surface area (Å²) in [5.74, 6) is 1.87. The van der Waals surface area contributed by atoms with Crippen molar-refractivity contribution < 1.29 is 0 Å². The van der Waals surface area contributed by atoms with Crippen molar-refractivity contribution in [2.75, 3.05) is 13.6 Å². The molecule has 1 N–H and O–H groups in total. The third kappa shape index (κ3) is 8.95.